The fourth-order valence-corrected chi connectivity index (χ4v) is 6.59. The number of allylic oxidation sites excluding steroid dienone is 2. The molecule has 0 spiro atoms. The van der Waals surface area contributed by atoms with E-state index >= 15 is 0 Å². The molecule has 1 fully saturated rings. The molecule has 5 nitrogen and oxygen atoms in total. The molecule has 1 unspecified atom stereocenters. The quantitative estimate of drug-likeness (QED) is 0.178. The molecule has 1 saturated carbocycles. The summed E-state index contributed by atoms with van der Waals surface area (Å²) in [5, 5.41) is 41.2. The number of unbranched alkanes of at least 4 members (excludes halogenated alkanes) is 1. The van der Waals surface area contributed by atoms with Crippen molar-refractivity contribution >= 4 is 38.8 Å². The number of aliphatic hydroxyl groups excluding tert-OH is 3. The lowest BCUT2D eigenvalue weighted by atomic mass is 9.85. The molecule has 1 aromatic carbocycles. The smallest absolute Gasteiger partial charge is 0.151 e. The third-order valence-electron chi connectivity index (χ3n) is 7.16. The molecule has 0 radical (unpaired) electrons. The van der Waals surface area contributed by atoms with E-state index in [0.717, 1.165) is 20.0 Å². The molecule has 34 heavy (non-hydrogen) atoms. The standard InChI is InChI=1S/C27H37ClO5S/c1-27(2)25(32)18(9-5-3-4-6-12-23(30)31)19(26(27)33)15-13-17(29)14-16-22-24(28)20-10-7-8-11-21(20)34-22/h3,5,7-8,10-11,17-19,23,26,29-31,33H,4,6,9,12-16H2,1-2H3/b5-3-/t17?,18-,19-,26+/m1/s1. The Balaban J connectivity index is 1.54. The van der Waals surface area contributed by atoms with Crippen LogP contribution in [0, 0.1) is 17.3 Å². The Labute approximate surface area is 211 Å². The molecule has 1 aromatic heterocycles. The first-order valence-corrected chi connectivity index (χ1v) is 13.4. The predicted octanol–water partition coefficient (Wildman–Crippen LogP) is 5.26. The number of hydrogen-bond acceptors (Lipinski definition) is 6. The minimum Gasteiger partial charge on any atom is -0.393 e. The molecule has 0 saturated heterocycles. The van der Waals surface area contributed by atoms with E-state index in [1.807, 2.05) is 30.4 Å². The number of ketones is 1. The molecule has 7 heteroatoms. The predicted molar refractivity (Wildman–Crippen MR) is 138 cm³/mol. The van der Waals surface area contributed by atoms with E-state index in [1.54, 1.807) is 25.2 Å². The Kier molecular flexibility index (Phi) is 9.73. The average Bonchev–Trinajstić information content (AvgIpc) is 3.20. The number of benzene rings is 1. The first kappa shape index (κ1) is 27.3. The van der Waals surface area contributed by atoms with Crippen LogP contribution in [0.5, 0.6) is 0 Å². The fourth-order valence-electron chi connectivity index (χ4n) is 5.05. The van der Waals surface area contributed by atoms with Crippen molar-refractivity contribution in [3.8, 4) is 0 Å². The lowest BCUT2D eigenvalue weighted by molar-refractivity contribution is -0.129. The van der Waals surface area contributed by atoms with Crippen LogP contribution in [0.2, 0.25) is 5.02 Å². The summed E-state index contributed by atoms with van der Waals surface area (Å²) in [5.74, 6) is -0.380. The van der Waals surface area contributed by atoms with Crippen molar-refractivity contribution in [2.45, 2.75) is 83.7 Å². The van der Waals surface area contributed by atoms with Crippen LogP contribution in [0.25, 0.3) is 10.1 Å². The number of hydrogen-bond donors (Lipinski definition) is 4. The number of aryl methyl sites for hydroxylation is 1. The van der Waals surface area contributed by atoms with E-state index in [0.29, 0.717) is 51.4 Å². The van der Waals surface area contributed by atoms with E-state index in [9.17, 15) is 15.0 Å². The van der Waals surface area contributed by atoms with Crippen LogP contribution in [0.15, 0.2) is 36.4 Å². The summed E-state index contributed by atoms with van der Waals surface area (Å²) in [4.78, 5) is 14.1. The lowest BCUT2D eigenvalue weighted by Gasteiger charge is -2.25. The normalized spacial score (nSPS) is 23.5. The number of Topliss-reactive ketones (excluding diaryl/α,β-unsaturated/α-hetero) is 1. The molecule has 4 atom stereocenters. The third-order valence-corrected chi connectivity index (χ3v) is 8.94. The number of fused-ring (bicyclic) bond motifs is 1. The maximum atomic E-state index is 13.0. The van der Waals surface area contributed by atoms with E-state index < -0.39 is 23.9 Å². The second-order valence-electron chi connectivity index (χ2n) is 10.0. The van der Waals surface area contributed by atoms with Crippen molar-refractivity contribution in [3.05, 3.63) is 46.3 Å². The van der Waals surface area contributed by atoms with Gasteiger partial charge in [0.1, 0.15) is 5.78 Å². The Hall–Kier alpha value is -1.28. The SMILES string of the molecule is CC1(C)C(=O)[C@H](C/C=C\CCCC(O)O)[C@@H](CCC(O)CCc2sc3ccccc3c2Cl)[C@@H]1O. The minimum atomic E-state index is -1.29. The van der Waals surface area contributed by atoms with E-state index in [2.05, 4.69) is 6.07 Å². The van der Waals surface area contributed by atoms with Gasteiger partial charge in [-0.3, -0.25) is 4.79 Å². The van der Waals surface area contributed by atoms with Crippen molar-refractivity contribution < 1.29 is 25.2 Å². The van der Waals surface area contributed by atoms with Crippen molar-refractivity contribution in [1.82, 2.24) is 0 Å². The maximum Gasteiger partial charge on any atom is 0.151 e. The van der Waals surface area contributed by atoms with Crippen molar-refractivity contribution in [2.75, 3.05) is 0 Å². The van der Waals surface area contributed by atoms with Gasteiger partial charge >= 0.3 is 0 Å². The van der Waals surface area contributed by atoms with E-state index in [-0.39, 0.29) is 17.6 Å². The van der Waals surface area contributed by atoms with Gasteiger partial charge < -0.3 is 20.4 Å². The highest BCUT2D eigenvalue weighted by molar-refractivity contribution is 7.19. The van der Waals surface area contributed by atoms with Gasteiger partial charge in [0.2, 0.25) is 0 Å². The third kappa shape index (κ3) is 6.48. The molecule has 188 valence electrons. The Morgan fingerprint density at radius 3 is 2.56 bits per heavy atom. The maximum absolute atomic E-state index is 13.0. The molecule has 1 aliphatic rings. The summed E-state index contributed by atoms with van der Waals surface area (Å²) in [7, 11) is 0. The molecule has 0 amide bonds. The zero-order chi connectivity index (χ0) is 24.9. The molecule has 1 heterocycles. The first-order valence-electron chi connectivity index (χ1n) is 12.2. The van der Waals surface area contributed by atoms with Gasteiger partial charge in [-0.1, -0.05) is 55.8 Å². The zero-order valence-electron chi connectivity index (χ0n) is 20.0. The zero-order valence-corrected chi connectivity index (χ0v) is 21.6. The summed E-state index contributed by atoms with van der Waals surface area (Å²) in [5.41, 5.74) is -0.792. The highest BCUT2D eigenvalue weighted by Crippen LogP contribution is 2.46. The van der Waals surface area contributed by atoms with Crippen LogP contribution in [-0.4, -0.2) is 44.7 Å². The van der Waals surface area contributed by atoms with Crippen LogP contribution < -0.4 is 0 Å². The molecule has 1 aliphatic carbocycles. The number of rotatable bonds is 12. The van der Waals surface area contributed by atoms with Crippen LogP contribution >= 0.6 is 22.9 Å². The fraction of sp³-hybridized carbons (Fsp3) is 0.593. The first-order chi connectivity index (χ1) is 16.1. The van der Waals surface area contributed by atoms with Crippen LogP contribution in [0.1, 0.15) is 63.7 Å². The summed E-state index contributed by atoms with van der Waals surface area (Å²) in [6.45, 7) is 3.61. The van der Waals surface area contributed by atoms with Crippen molar-refractivity contribution in [1.29, 1.82) is 0 Å². The number of aliphatic hydroxyl groups is 4. The Morgan fingerprint density at radius 1 is 1.12 bits per heavy atom. The summed E-state index contributed by atoms with van der Waals surface area (Å²) >= 11 is 8.19. The second kappa shape index (κ2) is 12.1. The van der Waals surface area contributed by atoms with Crippen molar-refractivity contribution in [3.63, 3.8) is 0 Å². The van der Waals surface area contributed by atoms with Gasteiger partial charge in [-0.2, -0.15) is 0 Å². The average molecular weight is 509 g/mol. The largest absolute Gasteiger partial charge is 0.393 e. The number of thiophene rings is 1. The van der Waals surface area contributed by atoms with Gasteiger partial charge in [0.15, 0.2) is 6.29 Å². The Morgan fingerprint density at radius 2 is 1.85 bits per heavy atom. The van der Waals surface area contributed by atoms with Gasteiger partial charge in [0, 0.05) is 26.3 Å². The molecular formula is C27H37ClO5S. The number of halogens is 1. The lowest BCUT2D eigenvalue weighted by Crippen LogP contribution is -2.32. The summed E-state index contributed by atoms with van der Waals surface area (Å²) < 4.78 is 1.15. The van der Waals surface area contributed by atoms with Gasteiger partial charge in [-0.15, -0.1) is 11.3 Å². The van der Waals surface area contributed by atoms with E-state index in [4.69, 9.17) is 21.8 Å². The number of carbonyl (C=O) groups is 1. The molecule has 3 rings (SSSR count). The monoisotopic (exact) mass is 508 g/mol. The number of carbonyl (C=O) groups excluding carboxylic acids is 1. The highest BCUT2D eigenvalue weighted by atomic mass is 35.5. The van der Waals surface area contributed by atoms with Gasteiger partial charge in [-0.25, -0.2) is 0 Å². The van der Waals surface area contributed by atoms with Gasteiger partial charge in [-0.05, 0) is 63.4 Å². The van der Waals surface area contributed by atoms with Gasteiger partial charge in [0.25, 0.3) is 0 Å². The van der Waals surface area contributed by atoms with Crippen molar-refractivity contribution in [2.24, 2.45) is 17.3 Å². The molecular weight excluding hydrogens is 472 g/mol. The van der Waals surface area contributed by atoms with Crippen LogP contribution in [0.4, 0.5) is 0 Å². The molecule has 0 aliphatic heterocycles. The topological polar surface area (TPSA) is 98.0 Å². The van der Waals surface area contributed by atoms with Crippen LogP contribution in [0.3, 0.4) is 0 Å². The second-order valence-corrected chi connectivity index (χ2v) is 11.5. The summed E-state index contributed by atoms with van der Waals surface area (Å²) in [6, 6.07) is 8.03. The van der Waals surface area contributed by atoms with Gasteiger partial charge in [0.05, 0.1) is 17.2 Å². The highest BCUT2D eigenvalue weighted by Gasteiger charge is 2.53. The molecule has 4 N–H and O–H groups in total. The van der Waals surface area contributed by atoms with E-state index in [1.165, 1.54) is 0 Å². The summed E-state index contributed by atoms with van der Waals surface area (Å²) in [6.07, 6.45) is 6.07. The Bertz CT molecular complexity index is 983. The molecule has 0 bridgehead atoms. The molecule has 2 aromatic rings. The minimum absolute atomic E-state index is 0.0759. The van der Waals surface area contributed by atoms with Crippen LogP contribution in [-0.2, 0) is 11.2 Å².